The Bertz CT molecular complexity index is 896. The Morgan fingerprint density at radius 2 is 1.91 bits per heavy atom. The molecule has 1 atom stereocenters. The van der Waals surface area contributed by atoms with Gasteiger partial charge in [0.05, 0.1) is 11.0 Å². The first-order valence-electron chi connectivity index (χ1n) is 7.52. The number of hydrogen-bond acceptors (Lipinski definition) is 4. The summed E-state index contributed by atoms with van der Waals surface area (Å²) in [4.78, 5) is 10.6. The van der Waals surface area contributed by atoms with Crippen LogP contribution in [0.25, 0.3) is 11.0 Å². The lowest BCUT2D eigenvalue weighted by molar-refractivity contribution is 0.538. The lowest BCUT2D eigenvalue weighted by Gasteiger charge is -2.24. The maximum atomic E-state index is 5.92. The zero-order valence-corrected chi connectivity index (χ0v) is 13.5. The van der Waals surface area contributed by atoms with E-state index >= 15 is 0 Å². The second-order valence-electron chi connectivity index (χ2n) is 5.63. The summed E-state index contributed by atoms with van der Waals surface area (Å²) in [6, 6.07) is 14.2. The first-order chi connectivity index (χ1) is 11.2. The Morgan fingerprint density at radius 1 is 1.13 bits per heavy atom. The number of hydrogen-bond donors (Lipinski definition) is 0. The van der Waals surface area contributed by atoms with Gasteiger partial charge in [-0.3, -0.25) is 14.9 Å². The van der Waals surface area contributed by atoms with Gasteiger partial charge in [-0.2, -0.15) is 0 Å². The Kier molecular flexibility index (Phi) is 3.42. The molecule has 2 aromatic carbocycles. The summed E-state index contributed by atoms with van der Waals surface area (Å²) in [6.07, 6.45) is 4.32. The molecule has 0 radical (unpaired) electrons. The number of ether oxygens (including phenoxy) is 1. The molecular weight excluding hydrogens is 306 g/mol. The summed E-state index contributed by atoms with van der Waals surface area (Å²) in [6.45, 7) is 2.15. The molecule has 3 aromatic rings. The number of nitrogens with zero attached hydrogens (tertiary/aromatic N) is 3. The first-order valence-corrected chi connectivity index (χ1v) is 7.93. The van der Waals surface area contributed by atoms with E-state index < -0.39 is 0 Å². The maximum absolute atomic E-state index is 5.92. The predicted octanol–water partition coefficient (Wildman–Crippen LogP) is 3.74. The zero-order chi connectivity index (χ0) is 15.8. The Hall–Kier alpha value is -2.53. The van der Waals surface area contributed by atoms with Crippen LogP contribution in [0, 0.1) is 0 Å². The van der Waals surface area contributed by atoms with Crippen molar-refractivity contribution in [3.63, 3.8) is 0 Å². The molecule has 4 nitrogen and oxygen atoms in total. The van der Waals surface area contributed by atoms with Gasteiger partial charge in [0.15, 0.2) is 0 Å². The standard InChI is InChI=1S/C18H15N3OS/c1-12-10-13-4-2-3-5-17(13)21(12)18(23)22-14-6-7-15-16(11-14)20-9-8-19-15/h2-9,11-12H,10H2,1H3/t12-/m1/s1. The fraction of sp³-hybridized carbons (Fsp3) is 0.167. The van der Waals surface area contributed by atoms with E-state index in [4.69, 9.17) is 17.0 Å². The van der Waals surface area contributed by atoms with E-state index in [0.717, 1.165) is 23.1 Å². The van der Waals surface area contributed by atoms with Crippen LogP contribution >= 0.6 is 12.2 Å². The van der Waals surface area contributed by atoms with Crippen molar-refractivity contribution in [2.75, 3.05) is 4.90 Å². The van der Waals surface area contributed by atoms with Crippen LogP contribution in [0.15, 0.2) is 54.9 Å². The van der Waals surface area contributed by atoms with Crippen molar-refractivity contribution in [2.24, 2.45) is 0 Å². The van der Waals surface area contributed by atoms with Gasteiger partial charge < -0.3 is 4.74 Å². The quantitative estimate of drug-likeness (QED) is 0.638. The average Bonchev–Trinajstić information content (AvgIpc) is 2.90. The summed E-state index contributed by atoms with van der Waals surface area (Å²) in [5.41, 5.74) is 4.06. The highest BCUT2D eigenvalue weighted by atomic mass is 32.1. The minimum Gasteiger partial charge on any atom is -0.431 e. The van der Waals surface area contributed by atoms with Crippen LogP contribution in [-0.2, 0) is 6.42 Å². The van der Waals surface area contributed by atoms with Crippen LogP contribution in [0.3, 0.4) is 0 Å². The molecule has 0 saturated carbocycles. The van der Waals surface area contributed by atoms with Crippen LogP contribution in [0.1, 0.15) is 12.5 Å². The number of rotatable bonds is 1. The van der Waals surface area contributed by atoms with Crippen molar-refractivity contribution >= 4 is 34.1 Å². The molecule has 0 bridgehead atoms. The van der Waals surface area contributed by atoms with E-state index in [2.05, 4.69) is 40.0 Å². The fourth-order valence-corrected chi connectivity index (χ4v) is 3.37. The van der Waals surface area contributed by atoms with Crippen molar-refractivity contribution < 1.29 is 4.74 Å². The molecular formula is C18H15N3OS. The normalized spacial score (nSPS) is 16.4. The minimum absolute atomic E-state index is 0.292. The van der Waals surface area contributed by atoms with Gasteiger partial charge in [0.1, 0.15) is 5.75 Å². The van der Waals surface area contributed by atoms with Gasteiger partial charge in [-0.05, 0) is 49.3 Å². The van der Waals surface area contributed by atoms with Gasteiger partial charge in [0, 0.05) is 30.2 Å². The maximum Gasteiger partial charge on any atom is 0.269 e. The number of anilines is 1. The second-order valence-corrected chi connectivity index (χ2v) is 5.98. The SMILES string of the molecule is C[C@@H]1Cc2ccccc2N1C(=S)Oc1ccc2nccnc2c1. The molecule has 0 fully saturated rings. The summed E-state index contributed by atoms with van der Waals surface area (Å²) in [5.74, 6) is 0.680. The molecule has 114 valence electrons. The molecule has 1 aliphatic heterocycles. The van der Waals surface area contributed by atoms with Crippen LogP contribution in [0.2, 0.25) is 0 Å². The van der Waals surface area contributed by atoms with E-state index in [0.29, 0.717) is 17.0 Å². The van der Waals surface area contributed by atoms with Gasteiger partial charge in [-0.25, -0.2) is 0 Å². The molecule has 0 saturated heterocycles. The summed E-state index contributed by atoms with van der Waals surface area (Å²) < 4.78 is 5.92. The van der Waals surface area contributed by atoms with Crippen molar-refractivity contribution in [3.05, 3.63) is 60.4 Å². The molecule has 1 aliphatic rings. The topological polar surface area (TPSA) is 38.2 Å². The van der Waals surface area contributed by atoms with Gasteiger partial charge >= 0.3 is 0 Å². The van der Waals surface area contributed by atoms with E-state index in [1.807, 2.05) is 24.3 Å². The minimum atomic E-state index is 0.292. The van der Waals surface area contributed by atoms with Crippen molar-refractivity contribution in [3.8, 4) is 5.75 Å². The molecule has 0 amide bonds. The van der Waals surface area contributed by atoms with Gasteiger partial charge in [0.2, 0.25) is 0 Å². The Labute approximate surface area is 139 Å². The van der Waals surface area contributed by atoms with E-state index in [1.165, 1.54) is 5.56 Å². The molecule has 4 rings (SSSR count). The third-order valence-corrected chi connectivity index (χ3v) is 4.33. The molecule has 2 heterocycles. The average molecular weight is 321 g/mol. The summed E-state index contributed by atoms with van der Waals surface area (Å²) in [7, 11) is 0. The fourth-order valence-electron chi connectivity index (χ4n) is 3.00. The van der Waals surface area contributed by atoms with Crippen molar-refractivity contribution in [2.45, 2.75) is 19.4 Å². The number of thiocarbonyl (C=S) groups is 1. The lowest BCUT2D eigenvalue weighted by atomic mass is 10.1. The second kappa shape index (κ2) is 5.59. The van der Waals surface area contributed by atoms with E-state index in [9.17, 15) is 0 Å². The lowest BCUT2D eigenvalue weighted by Crippen LogP contribution is -2.37. The van der Waals surface area contributed by atoms with Crippen LogP contribution in [0.4, 0.5) is 5.69 Å². The Balaban J connectivity index is 1.62. The molecule has 0 aliphatic carbocycles. The van der Waals surface area contributed by atoms with Crippen molar-refractivity contribution in [1.82, 2.24) is 9.97 Å². The van der Waals surface area contributed by atoms with E-state index in [1.54, 1.807) is 12.4 Å². The monoisotopic (exact) mass is 321 g/mol. The number of benzene rings is 2. The zero-order valence-electron chi connectivity index (χ0n) is 12.6. The van der Waals surface area contributed by atoms with Gasteiger partial charge in [-0.1, -0.05) is 18.2 Å². The van der Waals surface area contributed by atoms with Gasteiger partial charge in [-0.15, -0.1) is 0 Å². The Morgan fingerprint density at radius 3 is 2.78 bits per heavy atom. The molecule has 23 heavy (non-hydrogen) atoms. The third-order valence-electron chi connectivity index (χ3n) is 4.05. The highest BCUT2D eigenvalue weighted by Gasteiger charge is 2.29. The molecule has 0 spiro atoms. The molecule has 0 N–H and O–H groups in total. The number of aromatic nitrogens is 2. The first kappa shape index (κ1) is 14.1. The third kappa shape index (κ3) is 2.53. The summed E-state index contributed by atoms with van der Waals surface area (Å²) >= 11 is 5.54. The van der Waals surface area contributed by atoms with E-state index in [-0.39, 0.29) is 0 Å². The largest absolute Gasteiger partial charge is 0.431 e. The van der Waals surface area contributed by atoms with Gasteiger partial charge in [0.25, 0.3) is 5.17 Å². The number of para-hydroxylation sites is 1. The van der Waals surface area contributed by atoms with Crippen molar-refractivity contribution in [1.29, 1.82) is 0 Å². The van der Waals surface area contributed by atoms with Crippen LogP contribution < -0.4 is 9.64 Å². The molecule has 1 aromatic heterocycles. The number of fused-ring (bicyclic) bond motifs is 2. The van der Waals surface area contributed by atoms with Crippen LogP contribution in [0.5, 0.6) is 5.75 Å². The molecule has 0 unspecified atom stereocenters. The predicted molar refractivity (Wildman–Crippen MR) is 94.9 cm³/mol. The van der Waals surface area contributed by atoms with Crippen LogP contribution in [-0.4, -0.2) is 21.2 Å². The smallest absolute Gasteiger partial charge is 0.269 e. The highest BCUT2D eigenvalue weighted by molar-refractivity contribution is 7.80. The highest BCUT2D eigenvalue weighted by Crippen LogP contribution is 2.32. The summed E-state index contributed by atoms with van der Waals surface area (Å²) in [5, 5.41) is 0.464. The molecule has 5 heteroatoms.